The third-order valence-electron chi connectivity index (χ3n) is 3.86. The van der Waals surface area contributed by atoms with E-state index in [0.29, 0.717) is 17.1 Å². The summed E-state index contributed by atoms with van der Waals surface area (Å²) in [7, 11) is 3.13. The smallest absolute Gasteiger partial charge is 0.239 e. The number of benzene rings is 2. The number of amides is 1. The molecule has 0 aliphatic heterocycles. The van der Waals surface area contributed by atoms with Crippen molar-refractivity contribution in [1.82, 2.24) is 5.16 Å². The summed E-state index contributed by atoms with van der Waals surface area (Å²) in [6, 6.07) is 14.7. The number of ether oxygens (including phenoxy) is 3. The maximum Gasteiger partial charge on any atom is 0.239 e. The van der Waals surface area contributed by atoms with Crippen LogP contribution in [0.4, 0.5) is 5.88 Å². The molecule has 0 fully saturated rings. The van der Waals surface area contributed by atoms with Gasteiger partial charge in [0.25, 0.3) is 0 Å². The Morgan fingerprint density at radius 1 is 1.07 bits per heavy atom. The van der Waals surface area contributed by atoms with Crippen LogP contribution in [0, 0.1) is 0 Å². The first kappa shape index (κ1) is 18.3. The van der Waals surface area contributed by atoms with Gasteiger partial charge in [-0.2, -0.15) is 0 Å². The second-order valence-electron chi connectivity index (χ2n) is 5.60. The van der Waals surface area contributed by atoms with Crippen LogP contribution in [0.2, 0.25) is 0 Å². The molecule has 3 rings (SSSR count). The number of methoxy groups -OCH3 is 2. The monoisotopic (exact) mass is 368 g/mol. The molecule has 0 saturated carbocycles. The van der Waals surface area contributed by atoms with Crippen LogP contribution in [-0.2, 0) is 4.79 Å². The maximum atomic E-state index is 12.2. The minimum atomic E-state index is -0.232. The van der Waals surface area contributed by atoms with E-state index in [-0.39, 0.29) is 24.8 Å². The average Bonchev–Trinajstić information content (AvgIpc) is 3.16. The summed E-state index contributed by atoms with van der Waals surface area (Å²) in [5.74, 6) is 1.94. The number of aromatic nitrogens is 1. The second kappa shape index (κ2) is 8.75. The first-order chi connectivity index (χ1) is 13.2. The van der Waals surface area contributed by atoms with Crippen molar-refractivity contribution in [2.75, 3.05) is 26.1 Å². The van der Waals surface area contributed by atoms with E-state index in [1.807, 2.05) is 36.4 Å². The van der Waals surface area contributed by atoms with Crippen LogP contribution in [0.15, 0.2) is 59.3 Å². The van der Waals surface area contributed by atoms with Crippen LogP contribution in [0.5, 0.6) is 17.2 Å². The predicted molar refractivity (Wildman–Crippen MR) is 100 cm³/mol. The standard InChI is InChI=1S/C20H20N2O5/c1-24-17-9-8-14(12-18(17)25-2)16-13-21-27-20(16)22-19(23)10-11-26-15-6-4-3-5-7-15/h3-9,12-13H,10-11H2,1-2H3,(H,22,23). The van der Waals surface area contributed by atoms with Gasteiger partial charge in [0.15, 0.2) is 11.5 Å². The number of anilines is 1. The quantitative estimate of drug-likeness (QED) is 0.652. The van der Waals surface area contributed by atoms with E-state index in [9.17, 15) is 4.79 Å². The highest BCUT2D eigenvalue weighted by Crippen LogP contribution is 2.35. The van der Waals surface area contributed by atoms with Gasteiger partial charge in [-0.1, -0.05) is 29.4 Å². The molecular formula is C20H20N2O5. The summed E-state index contributed by atoms with van der Waals surface area (Å²) in [5, 5.41) is 6.51. The van der Waals surface area contributed by atoms with E-state index in [4.69, 9.17) is 18.7 Å². The van der Waals surface area contributed by atoms with Crippen molar-refractivity contribution in [3.05, 3.63) is 54.7 Å². The summed E-state index contributed by atoms with van der Waals surface area (Å²) >= 11 is 0. The molecule has 140 valence electrons. The lowest BCUT2D eigenvalue weighted by molar-refractivity contribution is -0.116. The SMILES string of the molecule is COc1ccc(-c2cnoc2NC(=O)CCOc2ccccc2)cc1OC. The summed E-state index contributed by atoms with van der Waals surface area (Å²) in [6.45, 7) is 0.260. The molecule has 0 aliphatic rings. The molecule has 7 heteroatoms. The normalized spacial score (nSPS) is 10.3. The Morgan fingerprint density at radius 3 is 2.59 bits per heavy atom. The molecule has 0 aliphatic carbocycles. The summed E-state index contributed by atoms with van der Waals surface area (Å²) in [4.78, 5) is 12.2. The van der Waals surface area contributed by atoms with Crippen LogP contribution in [0.1, 0.15) is 6.42 Å². The fraction of sp³-hybridized carbons (Fsp3) is 0.200. The van der Waals surface area contributed by atoms with Crippen molar-refractivity contribution in [2.45, 2.75) is 6.42 Å². The largest absolute Gasteiger partial charge is 0.493 e. The van der Waals surface area contributed by atoms with Crippen molar-refractivity contribution in [3.8, 4) is 28.4 Å². The molecule has 3 aromatic rings. The molecule has 0 radical (unpaired) electrons. The highest BCUT2D eigenvalue weighted by molar-refractivity contribution is 5.93. The molecule has 0 spiro atoms. The number of hydrogen-bond acceptors (Lipinski definition) is 6. The minimum Gasteiger partial charge on any atom is -0.493 e. The Labute approximate surface area is 156 Å². The number of carbonyl (C=O) groups is 1. The number of carbonyl (C=O) groups excluding carboxylic acids is 1. The van der Waals surface area contributed by atoms with Crippen LogP contribution >= 0.6 is 0 Å². The molecule has 0 unspecified atom stereocenters. The van der Waals surface area contributed by atoms with Gasteiger partial charge in [0.2, 0.25) is 11.8 Å². The summed E-state index contributed by atoms with van der Waals surface area (Å²) in [5.41, 5.74) is 1.43. The van der Waals surface area contributed by atoms with Crippen molar-refractivity contribution < 1.29 is 23.5 Å². The third-order valence-corrected chi connectivity index (χ3v) is 3.86. The molecule has 1 amide bonds. The van der Waals surface area contributed by atoms with E-state index < -0.39 is 0 Å². The average molecular weight is 368 g/mol. The van der Waals surface area contributed by atoms with Crippen molar-refractivity contribution in [2.24, 2.45) is 0 Å². The number of nitrogens with one attached hydrogen (secondary N) is 1. The zero-order valence-corrected chi connectivity index (χ0v) is 15.1. The minimum absolute atomic E-state index is 0.182. The molecule has 1 aromatic heterocycles. The van der Waals surface area contributed by atoms with E-state index in [1.54, 1.807) is 26.4 Å². The Balaban J connectivity index is 1.64. The van der Waals surface area contributed by atoms with Crippen LogP contribution in [0.25, 0.3) is 11.1 Å². The van der Waals surface area contributed by atoms with E-state index in [2.05, 4.69) is 10.5 Å². The van der Waals surface area contributed by atoms with Crippen molar-refractivity contribution in [1.29, 1.82) is 0 Å². The van der Waals surface area contributed by atoms with Gasteiger partial charge in [-0.25, -0.2) is 0 Å². The molecule has 27 heavy (non-hydrogen) atoms. The molecule has 0 bridgehead atoms. The first-order valence-electron chi connectivity index (χ1n) is 8.36. The molecular weight excluding hydrogens is 348 g/mol. The van der Waals surface area contributed by atoms with Crippen LogP contribution in [0.3, 0.4) is 0 Å². The highest BCUT2D eigenvalue weighted by atomic mass is 16.5. The summed E-state index contributed by atoms with van der Waals surface area (Å²) < 4.78 is 21.3. The van der Waals surface area contributed by atoms with E-state index in [0.717, 1.165) is 11.3 Å². The zero-order valence-electron chi connectivity index (χ0n) is 15.1. The third kappa shape index (κ3) is 4.58. The topological polar surface area (TPSA) is 82.8 Å². The van der Waals surface area contributed by atoms with Crippen molar-refractivity contribution >= 4 is 11.8 Å². The molecule has 7 nitrogen and oxygen atoms in total. The fourth-order valence-electron chi connectivity index (χ4n) is 2.51. The van der Waals surface area contributed by atoms with E-state index >= 15 is 0 Å². The second-order valence-corrected chi connectivity index (χ2v) is 5.60. The highest BCUT2D eigenvalue weighted by Gasteiger charge is 2.15. The Bertz CT molecular complexity index is 892. The van der Waals surface area contributed by atoms with Crippen LogP contribution in [-0.4, -0.2) is 31.9 Å². The fourth-order valence-corrected chi connectivity index (χ4v) is 2.51. The van der Waals surface area contributed by atoms with Gasteiger partial charge in [-0.15, -0.1) is 0 Å². The lowest BCUT2D eigenvalue weighted by atomic mass is 10.1. The number of nitrogens with zero attached hydrogens (tertiary/aromatic N) is 1. The number of para-hydroxylation sites is 1. The summed E-state index contributed by atoms with van der Waals surface area (Å²) in [6.07, 6.45) is 1.72. The lowest BCUT2D eigenvalue weighted by Gasteiger charge is -2.10. The molecule has 2 aromatic carbocycles. The van der Waals surface area contributed by atoms with Crippen molar-refractivity contribution in [3.63, 3.8) is 0 Å². The maximum absolute atomic E-state index is 12.2. The van der Waals surface area contributed by atoms with E-state index in [1.165, 1.54) is 6.20 Å². The van der Waals surface area contributed by atoms with Gasteiger partial charge < -0.3 is 18.7 Å². The molecule has 0 atom stereocenters. The number of hydrogen-bond donors (Lipinski definition) is 1. The number of rotatable bonds is 8. The van der Waals surface area contributed by atoms with Gasteiger partial charge in [-0.3, -0.25) is 10.1 Å². The molecule has 1 N–H and O–H groups in total. The predicted octanol–water partition coefficient (Wildman–Crippen LogP) is 3.77. The van der Waals surface area contributed by atoms with Crippen LogP contribution < -0.4 is 19.5 Å². The molecule has 0 saturated heterocycles. The van der Waals surface area contributed by atoms with Gasteiger partial charge >= 0.3 is 0 Å². The van der Waals surface area contributed by atoms with Gasteiger partial charge in [-0.05, 0) is 29.8 Å². The lowest BCUT2D eigenvalue weighted by Crippen LogP contribution is -2.15. The Hall–Kier alpha value is -3.48. The van der Waals surface area contributed by atoms with Gasteiger partial charge in [0, 0.05) is 0 Å². The Kier molecular flexibility index (Phi) is 5.94. The molecule has 1 heterocycles. The zero-order chi connectivity index (χ0) is 19.1. The first-order valence-corrected chi connectivity index (χ1v) is 8.36. The van der Waals surface area contributed by atoms with Gasteiger partial charge in [0.1, 0.15) is 5.75 Å². The van der Waals surface area contributed by atoms with Gasteiger partial charge in [0.05, 0.1) is 39.0 Å². The Morgan fingerprint density at radius 2 is 1.85 bits per heavy atom.